The van der Waals surface area contributed by atoms with E-state index in [1.807, 2.05) is 18.2 Å². The summed E-state index contributed by atoms with van der Waals surface area (Å²) in [4.78, 5) is 13.2. The summed E-state index contributed by atoms with van der Waals surface area (Å²) in [6.07, 6.45) is 0.831. The van der Waals surface area contributed by atoms with Gasteiger partial charge in [0.25, 0.3) is 0 Å². The van der Waals surface area contributed by atoms with Crippen LogP contribution < -0.4 is 4.74 Å². The first kappa shape index (κ1) is 17.9. The van der Waals surface area contributed by atoms with E-state index in [1.54, 1.807) is 6.07 Å². The molecule has 0 aliphatic rings. The summed E-state index contributed by atoms with van der Waals surface area (Å²) in [5.41, 5.74) is 0.609. The number of ether oxygens (including phenoxy) is 1. The third-order valence-corrected chi connectivity index (χ3v) is 2.98. The molecule has 0 heterocycles. The van der Waals surface area contributed by atoms with Crippen LogP contribution in [0.1, 0.15) is 38.1 Å². The Morgan fingerprint density at radius 1 is 1.16 bits per heavy atom. The summed E-state index contributed by atoms with van der Waals surface area (Å²) in [6, 6.07) is 8.31. The first-order chi connectivity index (χ1) is 8.56. The van der Waals surface area contributed by atoms with E-state index in [4.69, 9.17) is 4.74 Å². The number of nitrogens with zero attached hydrogens (tertiary/aromatic N) is 1. The second-order valence-corrected chi connectivity index (χ2v) is 4.93. The largest absolute Gasteiger partial charge is 0.492 e. The quantitative estimate of drug-likeness (QED) is 0.719. The van der Waals surface area contributed by atoms with Gasteiger partial charge in [0.15, 0.2) is 6.29 Å². The average molecular weight is 286 g/mol. The first-order valence-corrected chi connectivity index (χ1v) is 6.49. The summed E-state index contributed by atoms with van der Waals surface area (Å²) in [6.45, 7) is 10.2. The summed E-state index contributed by atoms with van der Waals surface area (Å²) in [5.74, 6) is 0.667. The first-order valence-electron chi connectivity index (χ1n) is 6.49. The van der Waals surface area contributed by atoms with E-state index >= 15 is 0 Å². The normalized spacial score (nSPS) is 10.7. The van der Waals surface area contributed by atoms with Gasteiger partial charge in [-0.05, 0) is 39.8 Å². The van der Waals surface area contributed by atoms with Crippen molar-refractivity contribution in [1.82, 2.24) is 4.90 Å². The van der Waals surface area contributed by atoms with E-state index in [0.29, 0.717) is 30.0 Å². The van der Waals surface area contributed by atoms with Gasteiger partial charge in [-0.2, -0.15) is 0 Å². The van der Waals surface area contributed by atoms with Crippen LogP contribution in [0.15, 0.2) is 24.3 Å². The third kappa shape index (κ3) is 5.62. The van der Waals surface area contributed by atoms with Crippen LogP contribution in [-0.2, 0) is 0 Å². The number of aldehydes is 1. The molecule has 108 valence electrons. The van der Waals surface area contributed by atoms with Gasteiger partial charge in [-0.25, -0.2) is 0 Å². The molecule has 4 heteroatoms. The van der Waals surface area contributed by atoms with Gasteiger partial charge in [-0.1, -0.05) is 12.1 Å². The molecular formula is C15H24ClNO2. The Kier molecular flexibility index (Phi) is 8.44. The van der Waals surface area contributed by atoms with Crippen molar-refractivity contribution in [2.75, 3.05) is 13.2 Å². The van der Waals surface area contributed by atoms with Crippen molar-refractivity contribution in [3.63, 3.8) is 0 Å². The maximum atomic E-state index is 10.9. The summed E-state index contributed by atoms with van der Waals surface area (Å²) < 4.78 is 5.69. The van der Waals surface area contributed by atoms with Crippen molar-refractivity contribution in [3.8, 4) is 5.75 Å². The average Bonchev–Trinajstić information content (AvgIpc) is 2.34. The molecule has 0 unspecified atom stereocenters. The zero-order valence-corrected chi connectivity index (χ0v) is 12.9. The standard InChI is InChI=1S/C15H23NO2.ClH/c1-12(2)16(13(3)4)9-10-18-15-8-6-5-7-14(15)11-17;/h5-8,11-13H,9-10H2,1-4H3;1H. The molecule has 0 aromatic heterocycles. The molecule has 0 aliphatic carbocycles. The fraction of sp³-hybridized carbons (Fsp3) is 0.533. The van der Waals surface area contributed by atoms with Crippen molar-refractivity contribution in [2.45, 2.75) is 39.8 Å². The zero-order chi connectivity index (χ0) is 13.5. The second kappa shape index (κ2) is 8.94. The third-order valence-electron chi connectivity index (χ3n) is 2.98. The zero-order valence-electron chi connectivity index (χ0n) is 12.1. The number of halogens is 1. The second-order valence-electron chi connectivity index (χ2n) is 4.93. The lowest BCUT2D eigenvalue weighted by Gasteiger charge is -2.30. The molecule has 0 aliphatic heterocycles. The van der Waals surface area contributed by atoms with E-state index in [1.165, 1.54) is 0 Å². The number of rotatable bonds is 7. The molecule has 3 nitrogen and oxygen atoms in total. The molecule has 0 saturated heterocycles. The molecule has 0 fully saturated rings. The minimum Gasteiger partial charge on any atom is -0.492 e. The fourth-order valence-electron chi connectivity index (χ4n) is 2.08. The van der Waals surface area contributed by atoms with Gasteiger partial charge < -0.3 is 4.74 Å². The molecule has 0 atom stereocenters. The molecule has 19 heavy (non-hydrogen) atoms. The number of benzene rings is 1. The Labute approximate surface area is 122 Å². The highest BCUT2D eigenvalue weighted by molar-refractivity contribution is 5.85. The monoisotopic (exact) mass is 285 g/mol. The molecule has 1 aromatic rings. The highest BCUT2D eigenvalue weighted by Crippen LogP contribution is 2.15. The van der Waals surface area contributed by atoms with Gasteiger partial charge in [0, 0.05) is 18.6 Å². The number of hydrogen-bond donors (Lipinski definition) is 0. The predicted molar refractivity (Wildman–Crippen MR) is 81.6 cm³/mol. The molecular weight excluding hydrogens is 262 g/mol. The molecule has 1 rings (SSSR count). The van der Waals surface area contributed by atoms with E-state index in [2.05, 4.69) is 32.6 Å². The Hall–Kier alpha value is -1.06. The number of para-hydroxylation sites is 1. The lowest BCUT2D eigenvalue weighted by atomic mass is 10.2. The number of carbonyl (C=O) groups is 1. The van der Waals surface area contributed by atoms with Crippen LogP contribution in [0.3, 0.4) is 0 Å². The van der Waals surface area contributed by atoms with Gasteiger partial charge in [0.05, 0.1) is 5.56 Å². The molecule has 0 radical (unpaired) electrons. The molecule has 0 N–H and O–H groups in total. The lowest BCUT2D eigenvalue weighted by molar-refractivity contribution is 0.111. The maximum Gasteiger partial charge on any atom is 0.153 e. The van der Waals surface area contributed by atoms with Crippen molar-refractivity contribution >= 4 is 18.7 Å². The van der Waals surface area contributed by atoms with Crippen LogP contribution in [0.2, 0.25) is 0 Å². The Balaban J connectivity index is 0.00000324. The SMILES string of the molecule is CC(C)N(CCOc1ccccc1C=O)C(C)C.Cl. The topological polar surface area (TPSA) is 29.5 Å². The highest BCUT2D eigenvalue weighted by Gasteiger charge is 2.13. The molecule has 0 saturated carbocycles. The van der Waals surface area contributed by atoms with Gasteiger partial charge in [0.1, 0.15) is 12.4 Å². The van der Waals surface area contributed by atoms with Gasteiger partial charge in [-0.3, -0.25) is 9.69 Å². The summed E-state index contributed by atoms with van der Waals surface area (Å²) in [7, 11) is 0. The van der Waals surface area contributed by atoms with Crippen molar-refractivity contribution in [2.24, 2.45) is 0 Å². The van der Waals surface area contributed by atoms with Crippen LogP contribution in [0.4, 0.5) is 0 Å². The highest BCUT2D eigenvalue weighted by atomic mass is 35.5. The summed E-state index contributed by atoms with van der Waals surface area (Å²) >= 11 is 0. The van der Waals surface area contributed by atoms with Gasteiger partial charge >= 0.3 is 0 Å². The smallest absolute Gasteiger partial charge is 0.153 e. The van der Waals surface area contributed by atoms with Crippen LogP contribution in [0.5, 0.6) is 5.75 Å². The summed E-state index contributed by atoms with van der Waals surface area (Å²) in [5, 5.41) is 0. The Morgan fingerprint density at radius 3 is 2.26 bits per heavy atom. The van der Waals surface area contributed by atoms with Crippen LogP contribution in [0, 0.1) is 0 Å². The van der Waals surface area contributed by atoms with Crippen LogP contribution in [0.25, 0.3) is 0 Å². The van der Waals surface area contributed by atoms with Gasteiger partial charge in [0.2, 0.25) is 0 Å². The maximum absolute atomic E-state index is 10.9. The van der Waals surface area contributed by atoms with Crippen molar-refractivity contribution in [3.05, 3.63) is 29.8 Å². The van der Waals surface area contributed by atoms with Crippen LogP contribution >= 0.6 is 12.4 Å². The fourth-order valence-corrected chi connectivity index (χ4v) is 2.08. The minimum absolute atomic E-state index is 0. The lowest BCUT2D eigenvalue weighted by Crippen LogP contribution is -2.39. The Morgan fingerprint density at radius 2 is 1.74 bits per heavy atom. The van der Waals surface area contributed by atoms with Crippen LogP contribution in [-0.4, -0.2) is 36.4 Å². The van der Waals surface area contributed by atoms with Crippen molar-refractivity contribution < 1.29 is 9.53 Å². The van der Waals surface area contributed by atoms with Crippen molar-refractivity contribution in [1.29, 1.82) is 0 Å². The van der Waals surface area contributed by atoms with E-state index in [-0.39, 0.29) is 12.4 Å². The number of carbonyl (C=O) groups excluding carboxylic acids is 1. The molecule has 0 amide bonds. The van der Waals surface area contributed by atoms with E-state index in [9.17, 15) is 4.79 Å². The molecule has 0 spiro atoms. The predicted octanol–water partition coefficient (Wildman–Crippen LogP) is 3.42. The molecule has 0 bridgehead atoms. The Bertz CT molecular complexity index is 372. The molecule has 1 aromatic carbocycles. The van der Waals surface area contributed by atoms with E-state index in [0.717, 1.165) is 12.8 Å². The van der Waals surface area contributed by atoms with Gasteiger partial charge in [-0.15, -0.1) is 12.4 Å². The minimum atomic E-state index is 0. The van der Waals surface area contributed by atoms with E-state index < -0.39 is 0 Å². The number of hydrogen-bond acceptors (Lipinski definition) is 3.